The Hall–Kier alpha value is -1.97. The molecule has 2 rings (SSSR count). The van der Waals surface area contributed by atoms with E-state index >= 15 is 0 Å². The third-order valence-electron chi connectivity index (χ3n) is 2.46. The Balaban J connectivity index is 1.79. The summed E-state index contributed by atoms with van der Waals surface area (Å²) in [5.74, 6) is 0.905. The summed E-state index contributed by atoms with van der Waals surface area (Å²) >= 11 is 0. The van der Waals surface area contributed by atoms with Crippen molar-refractivity contribution in [1.82, 2.24) is 9.78 Å². The first-order valence-corrected chi connectivity index (χ1v) is 6.22. The van der Waals surface area contributed by atoms with Crippen molar-refractivity contribution in [3.8, 4) is 5.75 Å². The van der Waals surface area contributed by atoms with E-state index in [0.29, 0.717) is 0 Å². The Morgan fingerprint density at radius 3 is 2.67 bits per heavy atom. The second kappa shape index (κ2) is 6.10. The lowest BCUT2D eigenvalue weighted by molar-refractivity contribution is 0.242. The minimum absolute atomic E-state index is 0.212. The molecule has 4 nitrogen and oxygen atoms in total. The van der Waals surface area contributed by atoms with E-state index in [0.717, 1.165) is 24.5 Å². The molecule has 0 fully saturated rings. The van der Waals surface area contributed by atoms with Crippen LogP contribution in [-0.4, -0.2) is 22.4 Å². The van der Waals surface area contributed by atoms with Crippen LogP contribution >= 0.6 is 0 Å². The summed E-state index contributed by atoms with van der Waals surface area (Å²) in [6.07, 6.45) is 3.96. The van der Waals surface area contributed by atoms with Crippen LogP contribution in [0, 0.1) is 0 Å². The predicted molar refractivity (Wildman–Crippen MR) is 72.9 cm³/mol. The van der Waals surface area contributed by atoms with Crippen LogP contribution in [0.3, 0.4) is 0 Å². The zero-order valence-electron chi connectivity index (χ0n) is 10.8. The number of benzene rings is 1. The molecule has 1 aromatic heterocycles. The first-order valence-electron chi connectivity index (χ1n) is 6.22. The average Bonchev–Trinajstić information content (AvgIpc) is 2.84. The average molecular weight is 245 g/mol. The van der Waals surface area contributed by atoms with Crippen LogP contribution in [0.15, 0.2) is 42.7 Å². The lowest BCUT2D eigenvalue weighted by Crippen LogP contribution is -2.10. The van der Waals surface area contributed by atoms with Gasteiger partial charge < -0.3 is 10.1 Å². The third kappa shape index (κ3) is 3.80. The van der Waals surface area contributed by atoms with Gasteiger partial charge in [-0.2, -0.15) is 5.10 Å². The van der Waals surface area contributed by atoms with Gasteiger partial charge in [-0.25, -0.2) is 0 Å². The van der Waals surface area contributed by atoms with Crippen molar-refractivity contribution in [1.29, 1.82) is 0 Å². The molecule has 0 unspecified atom stereocenters. The van der Waals surface area contributed by atoms with Crippen LogP contribution in [-0.2, 0) is 6.54 Å². The monoisotopic (exact) mass is 245 g/mol. The molecule has 96 valence electrons. The van der Waals surface area contributed by atoms with E-state index in [9.17, 15) is 0 Å². The molecule has 0 atom stereocenters. The van der Waals surface area contributed by atoms with Crippen molar-refractivity contribution in [2.24, 2.45) is 0 Å². The summed E-state index contributed by atoms with van der Waals surface area (Å²) < 4.78 is 7.50. The molecule has 1 heterocycles. The summed E-state index contributed by atoms with van der Waals surface area (Å²) in [6.45, 7) is 5.76. The zero-order chi connectivity index (χ0) is 12.8. The first kappa shape index (κ1) is 12.5. The van der Waals surface area contributed by atoms with E-state index in [1.165, 1.54) is 0 Å². The highest BCUT2D eigenvalue weighted by atomic mass is 16.5. The fourth-order valence-corrected chi connectivity index (χ4v) is 1.67. The number of hydrogen-bond donors (Lipinski definition) is 1. The molecule has 0 aliphatic carbocycles. The van der Waals surface area contributed by atoms with Gasteiger partial charge in [0.1, 0.15) is 5.75 Å². The van der Waals surface area contributed by atoms with Gasteiger partial charge >= 0.3 is 0 Å². The van der Waals surface area contributed by atoms with E-state index in [-0.39, 0.29) is 6.10 Å². The van der Waals surface area contributed by atoms with Gasteiger partial charge in [0.15, 0.2) is 0 Å². The number of aromatic nitrogens is 2. The van der Waals surface area contributed by atoms with Gasteiger partial charge in [0.2, 0.25) is 0 Å². The number of nitrogens with zero attached hydrogens (tertiary/aromatic N) is 2. The Bertz CT molecular complexity index is 448. The fraction of sp³-hybridized carbons (Fsp3) is 0.357. The molecule has 0 aliphatic heterocycles. The molecule has 0 spiro atoms. The van der Waals surface area contributed by atoms with Crippen LogP contribution in [0.4, 0.5) is 5.69 Å². The minimum atomic E-state index is 0.212. The normalized spacial score (nSPS) is 10.6. The summed E-state index contributed by atoms with van der Waals surface area (Å²) in [4.78, 5) is 0. The topological polar surface area (TPSA) is 39.1 Å². The van der Waals surface area contributed by atoms with Crippen molar-refractivity contribution >= 4 is 5.69 Å². The van der Waals surface area contributed by atoms with E-state index < -0.39 is 0 Å². The van der Waals surface area contributed by atoms with Crippen molar-refractivity contribution in [3.63, 3.8) is 0 Å². The van der Waals surface area contributed by atoms with Gasteiger partial charge in [-0.15, -0.1) is 0 Å². The van der Waals surface area contributed by atoms with Gasteiger partial charge in [0, 0.05) is 24.6 Å². The van der Waals surface area contributed by atoms with Crippen molar-refractivity contribution < 1.29 is 4.74 Å². The van der Waals surface area contributed by atoms with Gasteiger partial charge in [0.25, 0.3) is 0 Å². The summed E-state index contributed by atoms with van der Waals surface area (Å²) in [7, 11) is 0. The molecule has 0 saturated heterocycles. The van der Waals surface area contributed by atoms with Crippen LogP contribution in [0.25, 0.3) is 0 Å². The van der Waals surface area contributed by atoms with Gasteiger partial charge in [-0.1, -0.05) is 0 Å². The Kier molecular flexibility index (Phi) is 4.23. The molecule has 0 saturated carbocycles. The molecule has 0 radical (unpaired) electrons. The largest absolute Gasteiger partial charge is 0.491 e. The number of nitrogens with one attached hydrogen (secondary N) is 1. The highest BCUT2D eigenvalue weighted by Gasteiger charge is 1.98. The highest BCUT2D eigenvalue weighted by molar-refractivity contribution is 5.46. The quantitative estimate of drug-likeness (QED) is 0.850. The zero-order valence-corrected chi connectivity index (χ0v) is 10.8. The standard InChI is InChI=1S/C14H19N3O/c1-12(2)18-14-6-4-13(5-7-14)15-9-11-17-10-3-8-16-17/h3-8,10,12,15H,9,11H2,1-2H3. The van der Waals surface area contributed by atoms with E-state index in [1.807, 2.05) is 55.1 Å². The maximum absolute atomic E-state index is 5.59. The maximum Gasteiger partial charge on any atom is 0.119 e. The van der Waals surface area contributed by atoms with E-state index in [1.54, 1.807) is 6.20 Å². The number of hydrogen-bond acceptors (Lipinski definition) is 3. The predicted octanol–water partition coefficient (Wildman–Crippen LogP) is 2.78. The second-order valence-electron chi connectivity index (χ2n) is 4.39. The van der Waals surface area contributed by atoms with Crippen molar-refractivity contribution in [2.75, 3.05) is 11.9 Å². The number of ether oxygens (including phenoxy) is 1. The third-order valence-corrected chi connectivity index (χ3v) is 2.46. The van der Waals surface area contributed by atoms with E-state index in [4.69, 9.17) is 4.74 Å². The first-order chi connectivity index (χ1) is 8.74. The van der Waals surface area contributed by atoms with Gasteiger partial charge in [-0.3, -0.25) is 4.68 Å². The number of rotatable bonds is 6. The molecule has 0 amide bonds. The molecule has 0 bridgehead atoms. The molecular weight excluding hydrogens is 226 g/mol. The SMILES string of the molecule is CC(C)Oc1ccc(NCCn2cccn2)cc1. The molecule has 1 aromatic carbocycles. The molecule has 1 N–H and O–H groups in total. The van der Waals surface area contributed by atoms with Gasteiger partial charge in [0.05, 0.1) is 12.6 Å². The molecule has 18 heavy (non-hydrogen) atoms. The number of anilines is 1. The minimum Gasteiger partial charge on any atom is -0.491 e. The molecule has 4 heteroatoms. The van der Waals surface area contributed by atoms with Gasteiger partial charge in [-0.05, 0) is 44.2 Å². The maximum atomic E-state index is 5.59. The van der Waals surface area contributed by atoms with Crippen LogP contribution < -0.4 is 10.1 Å². The molecule has 0 aliphatic rings. The molecular formula is C14H19N3O. The second-order valence-corrected chi connectivity index (χ2v) is 4.39. The summed E-state index contributed by atoms with van der Waals surface area (Å²) in [5.41, 5.74) is 1.10. The smallest absolute Gasteiger partial charge is 0.119 e. The fourth-order valence-electron chi connectivity index (χ4n) is 1.67. The van der Waals surface area contributed by atoms with Crippen molar-refractivity contribution in [3.05, 3.63) is 42.7 Å². The summed E-state index contributed by atoms with van der Waals surface area (Å²) in [6, 6.07) is 9.95. The van der Waals surface area contributed by atoms with Crippen LogP contribution in [0.2, 0.25) is 0 Å². The van der Waals surface area contributed by atoms with Crippen molar-refractivity contribution in [2.45, 2.75) is 26.5 Å². The van der Waals surface area contributed by atoms with E-state index in [2.05, 4.69) is 10.4 Å². The molecule has 2 aromatic rings. The highest BCUT2D eigenvalue weighted by Crippen LogP contribution is 2.16. The van der Waals surface area contributed by atoms with Crippen LogP contribution in [0.5, 0.6) is 5.75 Å². The Morgan fingerprint density at radius 1 is 1.28 bits per heavy atom. The summed E-state index contributed by atoms with van der Waals surface area (Å²) in [5, 5.41) is 7.50. The lowest BCUT2D eigenvalue weighted by atomic mass is 10.3. The lowest BCUT2D eigenvalue weighted by Gasteiger charge is -2.11. The Labute approximate surface area is 108 Å². The Morgan fingerprint density at radius 2 is 2.06 bits per heavy atom. The van der Waals surface area contributed by atoms with Crippen LogP contribution in [0.1, 0.15) is 13.8 Å².